The summed E-state index contributed by atoms with van der Waals surface area (Å²) in [4.78, 5) is 0. The Morgan fingerprint density at radius 1 is 1.33 bits per heavy atom. The third-order valence-corrected chi connectivity index (χ3v) is 6.24. The first-order valence-electron chi connectivity index (χ1n) is 4.27. The van der Waals surface area contributed by atoms with E-state index in [1.807, 2.05) is 6.92 Å². The summed E-state index contributed by atoms with van der Waals surface area (Å²) in [5.41, 5.74) is 1.65. The van der Waals surface area contributed by atoms with Crippen LogP contribution in [0.25, 0.3) is 0 Å². The number of allylic oxidation sites excluding steroid dienone is 2. The summed E-state index contributed by atoms with van der Waals surface area (Å²) < 4.78 is 0. The van der Waals surface area contributed by atoms with E-state index in [9.17, 15) is 0 Å². The lowest BCUT2D eigenvalue weighted by molar-refractivity contribution is 0.594. The van der Waals surface area contributed by atoms with Crippen molar-refractivity contribution in [2.75, 3.05) is 0 Å². The molecule has 70 valence electrons. The van der Waals surface area contributed by atoms with Crippen LogP contribution in [0.4, 0.5) is 0 Å². The second kappa shape index (κ2) is 4.36. The molecule has 0 aromatic heterocycles. The van der Waals surface area contributed by atoms with Gasteiger partial charge in [0.15, 0.2) is 0 Å². The molecule has 12 heavy (non-hydrogen) atoms. The van der Waals surface area contributed by atoms with Crippen molar-refractivity contribution in [1.29, 1.82) is 0 Å². The molecular weight excluding hydrogens is 231 g/mol. The van der Waals surface area contributed by atoms with E-state index in [1.165, 1.54) is 18.4 Å². The summed E-state index contributed by atoms with van der Waals surface area (Å²) in [6, 6.07) is -2.49. The molecule has 1 aliphatic rings. The molecule has 0 aliphatic heterocycles. The van der Waals surface area contributed by atoms with Crippen LogP contribution in [0.15, 0.2) is 11.6 Å². The van der Waals surface area contributed by atoms with Crippen molar-refractivity contribution >= 4 is 39.2 Å². The highest BCUT2D eigenvalue weighted by Crippen LogP contribution is 2.46. The average Bonchev–Trinajstić information content (AvgIpc) is 2.03. The Bertz CT molecular complexity index is 183. The summed E-state index contributed by atoms with van der Waals surface area (Å²) in [5.74, 6) is 0. The summed E-state index contributed by atoms with van der Waals surface area (Å²) in [5, 5.41) is 0. The highest BCUT2D eigenvalue weighted by atomic mass is 35.8. The lowest BCUT2D eigenvalue weighted by Gasteiger charge is -2.29. The van der Waals surface area contributed by atoms with E-state index < -0.39 is 6.00 Å². The Labute approximate surface area is 89.0 Å². The maximum atomic E-state index is 6.01. The molecule has 4 heteroatoms. The summed E-state index contributed by atoms with van der Waals surface area (Å²) >= 11 is 18.0. The minimum atomic E-state index is -2.49. The lowest BCUT2D eigenvalue weighted by Crippen LogP contribution is -2.24. The van der Waals surface area contributed by atoms with E-state index in [4.69, 9.17) is 33.2 Å². The van der Waals surface area contributed by atoms with Crippen molar-refractivity contribution in [2.24, 2.45) is 0 Å². The average molecular weight is 244 g/mol. The Morgan fingerprint density at radius 2 is 2.00 bits per heavy atom. The van der Waals surface area contributed by atoms with Crippen molar-refractivity contribution < 1.29 is 0 Å². The van der Waals surface area contributed by atoms with Gasteiger partial charge in [0.1, 0.15) is 0 Å². The van der Waals surface area contributed by atoms with Gasteiger partial charge in [-0.1, -0.05) is 18.1 Å². The largest absolute Gasteiger partial charge is 0.348 e. The topological polar surface area (TPSA) is 0 Å². The van der Waals surface area contributed by atoms with Gasteiger partial charge >= 0.3 is 6.00 Å². The molecule has 0 saturated heterocycles. The summed E-state index contributed by atoms with van der Waals surface area (Å²) in [6.07, 6.45) is 6.79. The Kier molecular flexibility index (Phi) is 3.96. The molecule has 0 spiro atoms. The normalized spacial score (nSPS) is 29.3. The van der Waals surface area contributed by atoms with Crippen LogP contribution in [-0.4, -0.2) is 6.00 Å². The standard InChI is InChI=1S/C8H13Cl3Si/c1-2-7-5-3-4-6-8(7)12(9,10)11/h2,8H,3-6H2,1H3/b7-2-. The number of hydrogen-bond donors (Lipinski definition) is 0. The highest BCUT2D eigenvalue weighted by molar-refractivity contribution is 7.65. The minimum Gasteiger partial charge on any atom is -0.125 e. The monoisotopic (exact) mass is 242 g/mol. The van der Waals surface area contributed by atoms with Gasteiger partial charge in [-0.05, 0) is 26.2 Å². The number of rotatable bonds is 1. The summed E-state index contributed by atoms with van der Waals surface area (Å²) in [6.45, 7) is 2.04. The minimum absolute atomic E-state index is 0.279. The van der Waals surface area contributed by atoms with Crippen molar-refractivity contribution in [2.45, 2.75) is 38.1 Å². The lowest BCUT2D eigenvalue weighted by atomic mass is 9.94. The molecule has 0 amide bonds. The van der Waals surface area contributed by atoms with Crippen molar-refractivity contribution in [3.05, 3.63) is 11.6 Å². The van der Waals surface area contributed by atoms with Crippen LogP contribution in [0, 0.1) is 0 Å². The van der Waals surface area contributed by atoms with E-state index in [0.29, 0.717) is 0 Å². The van der Waals surface area contributed by atoms with Gasteiger partial charge < -0.3 is 0 Å². The van der Waals surface area contributed by atoms with Crippen LogP contribution >= 0.6 is 33.2 Å². The van der Waals surface area contributed by atoms with Crippen LogP contribution in [0.3, 0.4) is 0 Å². The SMILES string of the molecule is C/C=C1/CCCCC1[Si](Cl)(Cl)Cl. The molecule has 0 aromatic rings. The number of hydrogen-bond acceptors (Lipinski definition) is 0. The second-order valence-electron chi connectivity index (χ2n) is 3.20. The fourth-order valence-electron chi connectivity index (χ4n) is 1.76. The van der Waals surface area contributed by atoms with Crippen LogP contribution in [0.2, 0.25) is 5.54 Å². The maximum Gasteiger partial charge on any atom is 0.348 e. The maximum absolute atomic E-state index is 6.01. The third-order valence-electron chi connectivity index (χ3n) is 2.42. The Hall–Kier alpha value is 0.827. The Morgan fingerprint density at radius 3 is 2.42 bits per heavy atom. The molecule has 1 atom stereocenters. The first-order chi connectivity index (χ1) is 5.55. The zero-order valence-electron chi connectivity index (χ0n) is 7.12. The van der Waals surface area contributed by atoms with Gasteiger partial charge in [-0.25, -0.2) is 0 Å². The second-order valence-corrected chi connectivity index (χ2v) is 12.1. The zero-order chi connectivity index (χ0) is 9.19. The molecule has 1 fully saturated rings. The summed E-state index contributed by atoms with van der Waals surface area (Å²) in [7, 11) is 0. The molecule has 1 aliphatic carbocycles. The van der Waals surface area contributed by atoms with Crippen LogP contribution < -0.4 is 0 Å². The third kappa shape index (κ3) is 2.66. The first kappa shape index (κ1) is 10.9. The quantitative estimate of drug-likeness (QED) is 0.361. The van der Waals surface area contributed by atoms with Gasteiger partial charge in [0, 0.05) is 5.54 Å². The number of halogens is 3. The van der Waals surface area contributed by atoms with Gasteiger partial charge in [-0.2, -0.15) is 0 Å². The Balaban J connectivity index is 2.73. The van der Waals surface area contributed by atoms with Gasteiger partial charge in [0.25, 0.3) is 0 Å². The smallest absolute Gasteiger partial charge is 0.125 e. The van der Waals surface area contributed by atoms with Crippen LogP contribution in [-0.2, 0) is 0 Å². The first-order valence-corrected chi connectivity index (χ1v) is 9.39. The molecule has 0 radical (unpaired) electrons. The van der Waals surface area contributed by atoms with Crippen molar-refractivity contribution in [1.82, 2.24) is 0 Å². The molecule has 1 saturated carbocycles. The molecule has 0 bridgehead atoms. The molecule has 0 N–H and O–H groups in total. The predicted octanol–water partition coefficient (Wildman–Crippen LogP) is 4.53. The van der Waals surface area contributed by atoms with Crippen molar-refractivity contribution in [3.63, 3.8) is 0 Å². The van der Waals surface area contributed by atoms with E-state index in [-0.39, 0.29) is 5.54 Å². The molecule has 1 rings (SSSR count). The molecule has 0 aromatic carbocycles. The van der Waals surface area contributed by atoms with E-state index in [0.717, 1.165) is 12.8 Å². The fraction of sp³-hybridized carbons (Fsp3) is 0.750. The fourth-order valence-corrected chi connectivity index (χ4v) is 5.26. The van der Waals surface area contributed by atoms with Crippen LogP contribution in [0.5, 0.6) is 0 Å². The van der Waals surface area contributed by atoms with Gasteiger partial charge in [0.2, 0.25) is 0 Å². The molecular formula is C8H13Cl3Si. The predicted molar refractivity (Wildman–Crippen MR) is 59.3 cm³/mol. The van der Waals surface area contributed by atoms with Gasteiger partial charge in [0.05, 0.1) is 0 Å². The zero-order valence-corrected chi connectivity index (χ0v) is 10.4. The molecule has 0 nitrogen and oxygen atoms in total. The molecule has 1 unspecified atom stereocenters. The van der Waals surface area contributed by atoms with Gasteiger partial charge in [-0.3, -0.25) is 0 Å². The molecule has 0 heterocycles. The highest BCUT2D eigenvalue weighted by Gasteiger charge is 2.39. The van der Waals surface area contributed by atoms with E-state index in [2.05, 4.69) is 6.08 Å². The van der Waals surface area contributed by atoms with Crippen LogP contribution in [0.1, 0.15) is 32.6 Å². The van der Waals surface area contributed by atoms with Gasteiger partial charge in [-0.15, -0.1) is 33.2 Å². The van der Waals surface area contributed by atoms with Crippen molar-refractivity contribution in [3.8, 4) is 0 Å². The van der Waals surface area contributed by atoms with E-state index in [1.54, 1.807) is 0 Å². The van der Waals surface area contributed by atoms with E-state index >= 15 is 0 Å².